The molecule has 1 fully saturated rings. The van der Waals surface area contributed by atoms with Gasteiger partial charge in [0.05, 0.1) is 17.7 Å². The van der Waals surface area contributed by atoms with Gasteiger partial charge in [0.25, 0.3) is 0 Å². The van der Waals surface area contributed by atoms with Gasteiger partial charge in [-0.25, -0.2) is 0 Å². The second kappa shape index (κ2) is 5.68. The number of fused-ring (bicyclic) bond motifs is 1. The number of aliphatic hydroxyl groups is 1. The van der Waals surface area contributed by atoms with E-state index in [1.165, 1.54) is 0 Å². The van der Waals surface area contributed by atoms with Crippen LogP contribution in [0.15, 0.2) is 36.5 Å². The van der Waals surface area contributed by atoms with Crippen LogP contribution in [-0.2, 0) is 4.74 Å². The van der Waals surface area contributed by atoms with Crippen molar-refractivity contribution >= 4 is 10.9 Å². The third-order valence-corrected chi connectivity index (χ3v) is 3.78. The normalized spacial score (nSPS) is 20.8. The maximum atomic E-state index is 10.2. The Kier molecular flexibility index (Phi) is 3.76. The first-order chi connectivity index (χ1) is 9.33. The number of rotatable bonds is 4. The van der Waals surface area contributed by atoms with Crippen LogP contribution in [0.25, 0.3) is 10.9 Å². The molecule has 0 saturated carbocycles. The van der Waals surface area contributed by atoms with Gasteiger partial charge in [0, 0.05) is 18.2 Å². The monoisotopic (exact) mass is 257 g/mol. The second-order valence-electron chi connectivity index (χ2n) is 5.19. The lowest BCUT2D eigenvalue weighted by molar-refractivity contribution is 0.0812. The highest BCUT2D eigenvalue weighted by Crippen LogP contribution is 2.25. The van der Waals surface area contributed by atoms with Crippen molar-refractivity contribution < 1.29 is 9.84 Å². The van der Waals surface area contributed by atoms with Gasteiger partial charge in [0.15, 0.2) is 0 Å². The van der Waals surface area contributed by atoms with Crippen LogP contribution in [-0.4, -0.2) is 22.8 Å². The fourth-order valence-electron chi connectivity index (χ4n) is 2.65. The van der Waals surface area contributed by atoms with Crippen LogP contribution in [0.4, 0.5) is 0 Å². The molecule has 100 valence electrons. The van der Waals surface area contributed by atoms with Gasteiger partial charge in [-0.3, -0.25) is 4.98 Å². The first-order valence-electron chi connectivity index (χ1n) is 6.97. The van der Waals surface area contributed by atoms with Crippen molar-refractivity contribution in [2.75, 3.05) is 6.61 Å². The lowest BCUT2D eigenvalue weighted by atomic mass is 10.0. The Morgan fingerprint density at radius 3 is 3.11 bits per heavy atom. The van der Waals surface area contributed by atoms with Gasteiger partial charge in [0.2, 0.25) is 0 Å². The second-order valence-corrected chi connectivity index (χ2v) is 5.19. The van der Waals surface area contributed by atoms with Crippen molar-refractivity contribution in [3.63, 3.8) is 0 Å². The quantitative estimate of drug-likeness (QED) is 0.914. The Labute approximate surface area is 113 Å². The van der Waals surface area contributed by atoms with Gasteiger partial charge in [-0.2, -0.15) is 0 Å². The number of para-hydroxylation sites is 1. The van der Waals surface area contributed by atoms with Crippen LogP contribution >= 0.6 is 0 Å². The van der Waals surface area contributed by atoms with Gasteiger partial charge in [-0.05, 0) is 43.4 Å². The summed E-state index contributed by atoms with van der Waals surface area (Å²) in [7, 11) is 0. The maximum Gasteiger partial charge on any atom is 0.0806 e. The molecule has 0 spiro atoms. The number of aliphatic hydroxyl groups excluding tert-OH is 1. The van der Waals surface area contributed by atoms with Crippen molar-refractivity contribution in [3.8, 4) is 0 Å². The molecule has 0 bridgehead atoms. The zero-order chi connectivity index (χ0) is 13.1. The Morgan fingerprint density at radius 2 is 2.26 bits per heavy atom. The van der Waals surface area contributed by atoms with E-state index in [4.69, 9.17) is 4.74 Å². The molecule has 3 rings (SSSR count). The average Bonchev–Trinajstić information content (AvgIpc) is 2.97. The SMILES string of the molecule is OC(CCC1CCCO1)c1cnc2ccccc2c1. The van der Waals surface area contributed by atoms with Crippen LogP contribution < -0.4 is 0 Å². The van der Waals surface area contributed by atoms with E-state index in [0.717, 1.165) is 48.8 Å². The first kappa shape index (κ1) is 12.6. The zero-order valence-electron chi connectivity index (χ0n) is 11.0. The topological polar surface area (TPSA) is 42.4 Å². The summed E-state index contributed by atoms with van der Waals surface area (Å²) >= 11 is 0. The Morgan fingerprint density at radius 1 is 1.37 bits per heavy atom. The first-order valence-corrected chi connectivity index (χ1v) is 6.97. The van der Waals surface area contributed by atoms with Crippen LogP contribution in [0.1, 0.15) is 37.4 Å². The molecule has 1 aromatic carbocycles. The van der Waals surface area contributed by atoms with Crippen molar-refractivity contribution in [1.82, 2.24) is 4.98 Å². The fraction of sp³-hybridized carbons (Fsp3) is 0.438. The van der Waals surface area contributed by atoms with Crippen LogP contribution in [0, 0.1) is 0 Å². The van der Waals surface area contributed by atoms with E-state index < -0.39 is 6.10 Å². The minimum Gasteiger partial charge on any atom is -0.388 e. The number of hydrogen-bond donors (Lipinski definition) is 1. The summed E-state index contributed by atoms with van der Waals surface area (Å²) in [4.78, 5) is 4.39. The highest BCUT2D eigenvalue weighted by molar-refractivity contribution is 5.78. The van der Waals surface area contributed by atoms with Gasteiger partial charge >= 0.3 is 0 Å². The minimum absolute atomic E-state index is 0.336. The molecule has 2 aromatic rings. The summed E-state index contributed by atoms with van der Waals surface area (Å²) in [6, 6.07) is 10.0. The van der Waals surface area contributed by atoms with E-state index in [1.54, 1.807) is 6.20 Å². The number of benzene rings is 1. The molecule has 2 heterocycles. The molecule has 0 aliphatic carbocycles. The molecule has 1 aliphatic heterocycles. The van der Waals surface area contributed by atoms with Crippen LogP contribution in [0.3, 0.4) is 0 Å². The van der Waals surface area contributed by atoms with E-state index in [2.05, 4.69) is 4.98 Å². The summed E-state index contributed by atoms with van der Waals surface area (Å²) in [5.41, 5.74) is 1.87. The third-order valence-electron chi connectivity index (χ3n) is 3.78. The number of nitrogens with zero attached hydrogens (tertiary/aromatic N) is 1. The zero-order valence-corrected chi connectivity index (χ0v) is 11.0. The third kappa shape index (κ3) is 2.94. The maximum absolute atomic E-state index is 10.2. The summed E-state index contributed by atoms with van der Waals surface area (Å²) in [6.45, 7) is 0.873. The molecule has 0 radical (unpaired) electrons. The average molecular weight is 257 g/mol. The van der Waals surface area contributed by atoms with E-state index in [1.807, 2.05) is 30.3 Å². The van der Waals surface area contributed by atoms with Crippen molar-refractivity contribution in [3.05, 3.63) is 42.1 Å². The lowest BCUT2D eigenvalue weighted by Crippen LogP contribution is -2.08. The van der Waals surface area contributed by atoms with Gasteiger partial charge in [-0.15, -0.1) is 0 Å². The summed E-state index contributed by atoms with van der Waals surface area (Å²) in [5, 5.41) is 11.3. The highest BCUT2D eigenvalue weighted by Gasteiger charge is 2.17. The number of aromatic nitrogens is 1. The smallest absolute Gasteiger partial charge is 0.0806 e. The standard InChI is InChI=1S/C16H19NO2/c18-16(8-7-14-5-3-9-19-14)13-10-12-4-1-2-6-15(12)17-11-13/h1-2,4,6,10-11,14,16,18H,3,5,7-9H2. The number of hydrogen-bond acceptors (Lipinski definition) is 3. The molecule has 19 heavy (non-hydrogen) atoms. The van der Waals surface area contributed by atoms with Crippen LogP contribution in [0.5, 0.6) is 0 Å². The molecule has 3 nitrogen and oxygen atoms in total. The Balaban J connectivity index is 1.68. The van der Waals surface area contributed by atoms with Gasteiger partial charge in [-0.1, -0.05) is 18.2 Å². The number of ether oxygens (including phenoxy) is 1. The van der Waals surface area contributed by atoms with Gasteiger partial charge in [0.1, 0.15) is 0 Å². The largest absolute Gasteiger partial charge is 0.388 e. The minimum atomic E-state index is -0.443. The van der Waals surface area contributed by atoms with E-state index >= 15 is 0 Å². The Hall–Kier alpha value is -1.45. The molecular formula is C16H19NO2. The van der Waals surface area contributed by atoms with E-state index in [0.29, 0.717) is 6.10 Å². The Bertz CT molecular complexity index is 549. The molecule has 2 atom stereocenters. The predicted molar refractivity (Wildman–Crippen MR) is 74.9 cm³/mol. The number of pyridine rings is 1. The summed E-state index contributed by atoms with van der Waals surface area (Å²) < 4.78 is 5.58. The van der Waals surface area contributed by atoms with Crippen molar-refractivity contribution in [1.29, 1.82) is 0 Å². The van der Waals surface area contributed by atoms with Gasteiger partial charge < -0.3 is 9.84 Å². The molecule has 3 heteroatoms. The van der Waals surface area contributed by atoms with E-state index in [9.17, 15) is 5.11 Å². The highest BCUT2D eigenvalue weighted by atomic mass is 16.5. The molecule has 0 amide bonds. The summed E-state index contributed by atoms with van der Waals surface area (Å²) in [6.07, 6.45) is 5.62. The van der Waals surface area contributed by atoms with E-state index in [-0.39, 0.29) is 0 Å². The molecule has 2 unspecified atom stereocenters. The van der Waals surface area contributed by atoms with Crippen molar-refractivity contribution in [2.45, 2.75) is 37.9 Å². The predicted octanol–water partition coefficient (Wildman–Crippen LogP) is 3.23. The molecule has 1 N–H and O–H groups in total. The summed E-state index contributed by atoms with van der Waals surface area (Å²) in [5.74, 6) is 0. The molecule has 1 saturated heterocycles. The van der Waals surface area contributed by atoms with Crippen molar-refractivity contribution in [2.24, 2.45) is 0 Å². The molecule has 1 aromatic heterocycles. The molecule has 1 aliphatic rings. The molecular weight excluding hydrogens is 238 g/mol. The van der Waals surface area contributed by atoms with Crippen LogP contribution in [0.2, 0.25) is 0 Å². The lowest BCUT2D eigenvalue weighted by Gasteiger charge is -2.14. The fourth-order valence-corrected chi connectivity index (χ4v) is 2.65.